The molecule has 0 spiro atoms. The molecule has 0 amide bonds. The van der Waals surface area contributed by atoms with Crippen LogP contribution in [-0.4, -0.2) is 42.7 Å². The number of aliphatic hydroxyl groups is 1. The van der Waals surface area contributed by atoms with Gasteiger partial charge in [0.15, 0.2) is 0 Å². The summed E-state index contributed by atoms with van der Waals surface area (Å²) in [5.74, 6) is 0.917. The Kier molecular flexibility index (Phi) is 4.29. The van der Waals surface area contributed by atoms with Gasteiger partial charge in [0.25, 0.3) is 0 Å². The second kappa shape index (κ2) is 5.77. The van der Waals surface area contributed by atoms with Crippen molar-refractivity contribution >= 4 is 0 Å². The third-order valence-corrected chi connectivity index (χ3v) is 3.52. The third kappa shape index (κ3) is 3.37. The van der Waals surface area contributed by atoms with E-state index in [1.807, 2.05) is 6.92 Å². The highest BCUT2D eigenvalue weighted by Crippen LogP contribution is 2.28. The predicted molar refractivity (Wildman–Crippen MR) is 71.5 cm³/mol. The lowest BCUT2D eigenvalue weighted by atomic mass is 10.0. The summed E-state index contributed by atoms with van der Waals surface area (Å²) in [7, 11) is 1.59. The van der Waals surface area contributed by atoms with Gasteiger partial charge >= 0.3 is 0 Å². The zero-order chi connectivity index (χ0) is 13.9. The van der Waals surface area contributed by atoms with E-state index in [2.05, 4.69) is 5.32 Å². The monoisotopic (exact) mass is 267 g/mol. The molecule has 1 heterocycles. The summed E-state index contributed by atoms with van der Waals surface area (Å²) in [6.45, 7) is 3.33. The first kappa shape index (κ1) is 14.1. The number of aromatic hydroxyl groups is 1. The zero-order valence-corrected chi connectivity index (χ0v) is 11.3. The van der Waals surface area contributed by atoms with Crippen LogP contribution < -0.4 is 10.1 Å². The van der Waals surface area contributed by atoms with Gasteiger partial charge in [-0.1, -0.05) is 0 Å². The molecule has 1 aliphatic heterocycles. The van der Waals surface area contributed by atoms with E-state index >= 15 is 0 Å². The summed E-state index contributed by atoms with van der Waals surface area (Å²) < 4.78 is 10.3. The van der Waals surface area contributed by atoms with Crippen molar-refractivity contribution in [2.75, 3.05) is 26.9 Å². The summed E-state index contributed by atoms with van der Waals surface area (Å²) in [5, 5.41) is 23.3. The molecule has 19 heavy (non-hydrogen) atoms. The fraction of sp³-hybridized carbons (Fsp3) is 0.571. The molecule has 0 bridgehead atoms. The molecular formula is C14H21NO4. The number of phenols is 1. The van der Waals surface area contributed by atoms with E-state index in [4.69, 9.17) is 9.47 Å². The minimum absolute atomic E-state index is 0.0836. The molecule has 1 aromatic rings. The van der Waals surface area contributed by atoms with E-state index in [0.29, 0.717) is 31.9 Å². The Morgan fingerprint density at radius 1 is 1.53 bits per heavy atom. The van der Waals surface area contributed by atoms with Crippen molar-refractivity contribution in [3.05, 3.63) is 23.8 Å². The smallest absolute Gasteiger partial charge is 0.120 e. The van der Waals surface area contributed by atoms with Gasteiger partial charge in [-0.2, -0.15) is 0 Å². The van der Waals surface area contributed by atoms with E-state index in [9.17, 15) is 10.2 Å². The van der Waals surface area contributed by atoms with Crippen LogP contribution in [0.25, 0.3) is 0 Å². The van der Waals surface area contributed by atoms with Crippen molar-refractivity contribution in [1.29, 1.82) is 0 Å². The fourth-order valence-corrected chi connectivity index (χ4v) is 2.20. The van der Waals surface area contributed by atoms with Crippen molar-refractivity contribution in [3.63, 3.8) is 0 Å². The van der Waals surface area contributed by atoms with Gasteiger partial charge in [-0.15, -0.1) is 0 Å². The molecule has 106 valence electrons. The van der Waals surface area contributed by atoms with Crippen LogP contribution in [-0.2, 0) is 4.74 Å². The lowest BCUT2D eigenvalue weighted by Crippen LogP contribution is -2.41. The van der Waals surface area contributed by atoms with Crippen LogP contribution in [0.2, 0.25) is 0 Å². The van der Waals surface area contributed by atoms with Crippen molar-refractivity contribution in [3.8, 4) is 11.5 Å². The topological polar surface area (TPSA) is 71.0 Å². The second-order valence-electron chi connectivity index (χ2n) is 5.05. The third-order valence-electron chi connectivity index (χ3n) is 3.52. The van der Waals surface area contributed by atoms with Gasteiger partial charge in [0.2, 0.25) is 0 Å². The summed E-state index contributed by atoms with van der Waals surface area (Å²) >= 11 is 0. The Balaban J connectivity index is 2.01. The van der Waals surface area contributed by atoms with Crippen LogP contribution in [0.5, 0.6) is 11.5 Å². The Bertz CT molecular complexity index is 429. The lowest BCUT2D eigenvalue weighted by molar-refractivity contribution is 0.0251. The van der Waals surface area contributed by atoms with E-state index in [-0.39, 0.29) is 11.8 Å². The first-order valence-electron chi connectivity index (χ1n) is 6.44. The highest BCUT2D eigenvalue weighted by Gasteiger charge is 2.32. The molecule has 2 unspecified atom stereocenters. The molecule has 1 saturated heterocycles. The number of hydrogen-bond acceptors (Lipinski definition) is 5. The summed E-state index contributed by atoms with van der Waals surface area (Å²) in [6, 6.07) is 5.03. The summed E-state index contributed by atoms with van der Waals surface area (Å²) in [4.78, 5) is 0. The normalized spacial score (nSPS) is 24.4. The van der Waals surface area contributed by atoms with Gasteiger partial charge in [-0.25, -0.2) is 0 Å². The Morgan fingerprint density at radius 2 is 2.32 bits per heavy atom. The standard InChI is InChI=1S/C14H21NO4/c1-10(15-8-14(17)5-6-19-9-14)12-7-11(18-2)3-4-13(12)16/h3-4,7,10,15-17H,5-6,8-9H2,1-2H3. The Hall–Kier alpha value is -1.30. The van der Waals surface area contributed by atoms with E-state index in [1.54, 1.807) is 25.3 Å². The maximum atomic E-state index is 10.2. The van der Waals surface area contributed by atoms with Crippen LogP contribution in [0.4, 0.5) is 0 Å². The molecule has 5 nitrogen and oxygen atoms in total. The minimum Gasteiger partial charge on any atom is -0.508 e. The van der Waals surface area contributed by atoms with Gasteiger partial charge < -0.3 is 25.0 Å². The maximum absolute atomic E-state index is 10.2. The summed E-state index contributed by atoms with van der Waals surface area (Å²) in [6.07, 6.45) is 0.636. The van der Waals surface area contributed by atoms with E-state index in [0.717, 1.165) is 5.56 Å². The average molecular weight is 267 g/mol. The van der Waals surface area contributed by atoms with Crippen LogP contribution in [0.3, 0.4) is 0 Å². The van der Waals surface area contributed by atoms with Crippen LogP contribution in [0.15, 0.2) is 18.2 Å². The van der Waals surface area contributed by atoms with Gasteiger partial charge in [-0.05, 0) is 25.1 Å². The number of nitrogens with one attached hydrogen (secondary N) is 1. The molecule has 2 atom stereocenters. The number of benzene rings is 1. The van der Waals surface area contributed by atoms with Gasteiger partial charge in [-0.3, -0.25) is 0 Å². The molecule has 0 radical (unpaired) electrons. The summed E-state index contributed by atoms with van der Waals surface area (Å²) in [5.41, 5.74) is -0.0511. The Morgan fingerprint density at radius 3 is 2.95 bits per heavy atom. The Labute approximate surface area is 113 Å². The second-order valence-corrected chi connectivity index (χ2v) is 5.05. The molecule has 0 saturated carbocycles. The SMILES string of the molecule is COc1ccc(O)c(C(C)NCC2(O)CCOC2)c1. The molecule has 0 aromatic heterocycles. The number of methoxy groups -OCH3 is 1. The molecule has 1 fully saturated rings. The highest BCUT2D eigenvalue weighted by atomic mass is 16.5. The molecule has 1 aromatic carbocycles. The molecule has 2 rings (SSSR count). The van der Waals surface area contributed by atoms with Gasteiger partial charge in [0.05, 0.1) is 13.7 Å². The zero-order valence-electron chi connectivity index (χ0n) is 11.3. The van der Waals surface area contributed by atoms with E-state index < -0.39 is 5.60 Å². The number of rotatable bonds is 5. The molecule has 5 heteroatoms. The number of ether oxygens (including phenoxy) is 2. The first-order chi connectivity index (χ1) is 9.04. The molecule has 3 N–H and O–H groups in total. The molecule has 1 aliphatic rings. The van der Waals surface area contributed by atoms with Crippen molar-refractivity contribution < 1.29 is 19.7 Å². The lowest BCUT2D eigenvalue weighted by Gasteiger charge is -2.24. The predicted octanol–water partition coefficient (Wildman–Crippen LogP) is 1.20. The quantitative estimate of drug-likeness (QED) is 0.748. The first-order valence-corrected chi connectivity index (χ1v) is 6.44. The van der Waals surface area contributed by atoms with Crippen LogP contribution in [0.1, 0.15) is 24.9 Å². The van der Waals surface area contributed by atoms with Crippen LogP contribution >= 0.6 is 0 Å². The van der Waals surface area contributed by atoms with Gasteiger partial charge in [0, 0.05) is 31.2 Å². The molecule has 0 aliphatic carbocycles. The van der Waals surface area contributed by atoms with Crippen LogP contribution in [0, 0.1) is 0 Å². The fourth-order valence-electron chi connectivity index (χ4n) is 2.20. The maximum Gasteiger partial charge on any atom is 0.120 e. The van der Waals surface area contributed by atoms with Crippen molar-refractivity contribution in [2.45, 2.75) is 25.0 Å². The molecular weight excluding hydrogens is 246 g/mol. The highest BCUT2D eigenvalue weighted by molar-refractivity contribution is 5.41. The number of hydrogen-bond donors (Lipinski definition) is 3. The van der Waals surface area contributed by atoms with Gasteiger partial charge in [0.1, 0.15) is 17.1 Å². The average Bonchev–Trinajstić information content (AvgIpc) is 2.84. The van der Waals surface area contributed by atoms with Crippen molar-refractivity contribution in [1.82, 2.24) is 5.32 Å². The minimum atomic E-state index is -0.803. The largest absolute Gasteiger partial charge is 0.508 e. The van der Waals surface area contributed by atoms with E-state index in [1.165, 1.54) is 0 Å². The number of phenolic OH excluding ortho intramolecular Hbond substituents is 1. The van der Waals surface area contributed by atoms with Crippen molar-refractivity contribution in [2.24, 2.45) is 0 Å².